The summed E-state index contributed by atoms with van der Waals surface area (Å²) in [6.45, 7) is 3.24. The summed E-state index contributed by atoms with van der Waals surface area (Å²) >= 11 is 0. The number of hydrogen-bond acceptors (Lipinski definition) is 6. The van der Waals surface area contributed by atoms with Crippen molar-refractivity contribution in [2.75, 3.05) is 13.1 Å². The van der Waals surface area contributed by atoms with Crippen LogP contribution in [0.15, 0.2) is 59.0 Å². The molecule has 2 heterocycles. The molecule has 0 saturated carbocycles. The fourth-order valence-electron chi connectivity index (χ4n) is 4.70. The first kappa shape index (κ1) is 32.3. The maximum atomic E-state index is 13.7. The third-order valence-electron chi connectivity index (χ3n) is 6.74. The van der Waals surface area contributed by atoms with Gasteiger partial charge in [0.1, 0.15) is 17.9 Å². The van der Waals surface area contributed by atoms with Gasteiger partial charge in [-0.15, -0.1) is 24.8 Å². The average molecular weight is 599 g/mol. The Morgan fingerprint density at radius 1 is 1.21 bits per heavy atom. The molecule has 10 nitrogen and oxygen atoms in total. The van der Waals surface area contributed by atoms with Gasteiger partial charge in [0.15, 0.2) is 0 Å². The van der Waals surface area contributed by atoms with Crippen molar-refractivity contribution >= 4 is 52.5 Å². The summed E-state index contributed by atoms with van der Waals surface area (Å²) in [4.78, 5) is 26.9. The maximum Gasteiger partial charge on any atom is 0.326 e. The zero-order chi connectivity index (χ0) is 26.7. The number of amidine groups is 1. The van der Waals surface area contributed by atoms with Gasteiger partial charge < -0.3 is 21.1 Å². The molecule has 0 aliphatic carbocycles. The number of halogens is 2. The minimum atomic E-state index is -4.13. The highest BCUT2D eigenvalue weighted by molar-refractivity contribution is 7.89. The molecule has 0 radical (unpaired) electrons. The van der Waals surface area contributed by atoms with E-state index in [2.05, 4.69) is 10.0 Å². The van der Waals surface area contributed by atoms with Crippen LogP contribution in [0.5, 0.6) is 0 Å². The van der Waals surface area contributed by atoms with E-state index in [9.17, 15) is 23.1 Å². The minimum Gasteiger partial charge on any atom is -0.480 e. The Morgan fingerprint density at radius 2 is 1.95 bits per heavy atom. The molecule has 0 bridgehead atoms. The van der Waals surface area contributed by atoms with E-state index in [1.807, 2.05) is 0 Å². The smallest absolute Gasteiger partial charge is 0.326 e. The number of nitrogens with one attached hydrogen (secondary N) is 3. The number of nitrogen functional groups attached to an aromatic ring is 1. The molecule has 39 heavy (non-hydrogen) atoms. The summed E-state index contributed by atoms with van der Waals surface area (Å²) in [6.07, 6.45) is 2.69. The van der Waals surface area contributed by atoms with Crippen molar-refractivity contribution in [1.82, 2.24) is 14.9 Å². The molecule has 2 atom stereocenters. The summed E-state index contributed by atoms with van der Waals surface area (Å²) in [6, 6.07) is 9.20. The Kier molecular flexibility index (Phi) is 11.1. The topological polar surface area (TPSA) is 166 Å². The highest BCUT2D eigenvalue weighted by atomic mass is 35.5. The molecule has 0 aromatic heterocycles. The lowest BCUT2D eigenvalue weighted by molar-refractivity contribution is -0.150. The SMILES string of the molecule is CC1=CCN(C(=O)[C@H](Cc2cccc(C(=N)N)c2)NS(=O)(=O)c2ccc3c(c2)CNCC3)[C@@H](C(=O)O)C1.Cl.Cl. The average Bonchev–Trinajstić information content (AvgIpc) is 2.87. The van der Waals surface area contributed by atoms with E-state index in [0.29, 0.717) is 17.7 Å². The van der Waals surface area contributed by atoms with Crippen LogP contribution in [0.25, 0.3) is 0 Å². The van der Waals surface area contributed by atoms with Gasteiger partial charge in [0, 0.05) is 18.7 Å². The molecule has 2 aromatic carbocycles. The molecule has 1 amide bonds. The normalized spacial score (nSPS) is 17.5. The second-order valence-electron chi connectivity index (χ2n) is 9.45. The number of hydrogen-bond donors (Lipinski definition) is 5. The monoisotopic (exact) mass is 597 g/mol. The van der Waals surface area contributed by atoms with Crippen LogP contribution in [0.1, 0.15) is 35.6 Å². The summed E-state index contributed by atoms with van der Waals surface area (Å²) in [5, 5.41) is 20.7. The molecule has 13 heteroatoms. The van der Waals surface area contributed by atoms with Crippen LogP contribution in [0, 0.1) is 5.41 Å². The van der Waals surface area contributed by atoms with E-state index >= 15 is 0 Å². The van der Waals surface area contributed by atoms with Crippen molar-refractivity contribution in [3.8, 4) is 0 Å². The summed E-state index contributed by atoms with van der Waals surface area (Å²) in [5.74, 6) is -1.94. The van der Waals surface area contributed by atoms with E-state index < -0.39 is 34.0 Å². The van der Waals surface area contributed by atoms with Crippen LogP contribution in [-0.2, 0) is 39.0 Å². The van der Waals surface area contributed by atoms with Crippen molar-refractivity contribution < 1.29 is 23.1 Å². The number of carbonyl (C=O) groups is 2. The quantitative estimate of drug-likeness (QED) is 0.176. The van der Waals surface area contributed by atoms with Gasteiger partial charge in [-0.25, -0.2) is 13.2 Å². The predicted molar refractivity (Wildman–Crippen MR) is 153 cm³/mol. The molecule has 0 saturated heterocycles. The maximum absolute atomic E-state index is 13.7. The lowest BCUT2D eigenvalue weighted by Gasteiger charge is -2.34. The lowest BCUT2D eigenvalue weighted by atomic mass is 9.98. The van der Waals surface area contributed by atoms with E-state index in [1.54, 1.807) is 49.4 Å². The van der Waals surface area contributed by atoms with Crippen LogP contribution >= 0.6 is 24.8 Å². The number of nitrogens with zero attached hydrogens (tertiary/aromatic N) is 1. The third kappa shape index (κ3) is 7.58. The molecule has 0 spiro atoms. The molecule has 0 unspecified atom stereocenters. The van der Waals surface area contributed by atoms with E-state index in [4.69, 9.17) is 11.1 Å². The van der Waals surface area contributed by atoms with Gasteiger partial charge in [-0.1, -0.05) is 35.9 Å². The number of carbonyl (C=O) groups excluding carboxylic acids is 1. The highest BCUT2D eigenvalue weighted by Crippen LogP contribution is 2.23. The molecule has 212 valence electrons. The van der Waals surface area contributed by atoms with Gasteiger partial charge in [-0.05, 0) is 67.6 Å². The Hall–Kier alpha value is -2.96. The van der Waals surface area contributed by atoms with Crippen molar-refractivity contribution in [2.45, 2.75) is 49.7 Å². The fourth-order valence-corrected chi connectivity index (χ4v) is 5.94. The molecular formula is C26H33Cl2N5O5S. The van der Waals surface area contributed by atoms with Crippen LogP contribution < -0.4 is 15.8 Å². The molecule has 0 fully saturated rings. The molecule has 2 aliphatic heterocycles. The third-order valence-corrected chi connectivity index (χ3v) is 8.21. The molecule has 4 rings (SSSR count). The van der Waals surface area contributed by atoms with Crippen molar-refractivity contribution in [1.29, 1.82) is 5.41 Å². The number of fused-ring (bicyclic) bond motifs is 1. The van der Waals surface area contributed by atoms with Gasteiger partial charge in [-0.3, -0.25) is 10.2 Å². The second-order valence-corrected chi connectivity index (χ2v) is 11.2. The number of aliphatic carboxylic acids is 1. The zero-order valence-electron chi connectivity index (χ0n) is 21.3. The van der Waals surface area contributed by atoms with Crippen molar-refractivity contribution in [2.24, 2.45) is 5.73 Å². The van der Waals surface area contributed by atoms with Crippen LogP contribution in [0.2, 0.25) is 0 Å². The van der Waals surface area contributed by atoms with Gasteiger partial charge in [0.25, 0.3) is 0 Å². The fraction of sp³-hybridized carbons (Fsp3) is 0.346. The number of benzene rings is 2. The van der Waals surface area contributed by atoms with Crippen molar-refractivity contribution in [3.05, 3.63) is 76.4 Å². The first-order valence-corrected chi connectivity index (χ1v) is 13.5. The number of nitrogens with two attached hydrogens (primary N) is 1. The number of sulfonamides is 1. The standard InChI is InChI=1S/C26H31N5O5S.2ClH/c1-16-8-10-31(23(11-16)26(33)34)25(32)22(13-17-3-2-4-19(12-17)24(27)28)30-37(35,36)21-6-5-18-7-9-29-15-20(18)14-21;;/h2-6,8,12,14,22-23,29-30H,7,9-11,13,15H2,1H3,(H3,27,28)(H,33,34);2*1H/t22-,23+;;/m0../s1. The Labute approximate surface area is 240 Å². The number of carboxylic acid groups (broad SMARTS) is 1. The zero-order valence-corrected chi connectivity index (χ0v) is 23.8. The number of amides is 1. The van der Waals surface area contributed by atoms with Crippen molar-refractivity contribution in [3.63, 3.8) is 0 Å². The molecular weight excluding hydrogens is 565 g/mol. The number of carboxylic acids is 1. The highest BCUT2D eigenvalue weighted by Gasteiger charge is 2.37. The van der Waals surface area contributed by atoms with Crippen LogP contribution in [0.4, 0.5) is 0 Å². The van der Waals surface area contributed by atoms with Gasteiger partial charge in [0.2, 0.25) is 15.9 Å². The largest absolute Gasteiger partial charge is 0.480 e. The first-order chi connectivity index (χ1) is 17.5. The summed E-state index contributed by atoms with van der Waals surface area (Å²) in [7, 11) is -4.13. The Morgan fingerprint density at radius 3 is 2.64 bits per heavy atom. The summed E-state index contributed by atoms with van der Waals surface area (Å²) in [5.41, 5.74) is 9.44. The second kappa shape index (κ2) is 13.4. The van der Waals surface area contributed by atoms with E-state index in [1.165, 1.54) is 11.0 Å². The Balaban J connectivity index is 0.00000267. The van der Waals surface area contributed by atoms with Crippen LogP contribution in [-0.4, -0.2) is 61.3 Å². The molecule has 2 aromatic rings. The van der Waals surface area contributed by atoms with Gasteiger partial charge in [0.05, 0.1) is 4.90 Å². The van der Waals surface area contributed by atoms with Gasteiger partial charge >= 0.3 is 5.97 Å². The van der Waals surface area contributed by atoms with E-state index in [-0.39, 0.29) is 54.9 Å². The van der Waals surface area contributed by atoms with E-state index in [0.717, 1.165) is 29.7 Å². The molecule has 6 N–H and O–H groups in total. The van der Waals surface area contributed by atoms with Crippen LogP contribution in [0.3, 0.4) is 0 Å². The lowest BCUT2D eigenvalue weighted by Crippen LogP contribution is -2.55. The minimum absolute atomic E-state index is 0. The van der Waals surface area contributed by atoms with Gasteiger partial charge in [-0.2, -0.15) is 4.72 Å². The Bertz CT molecular complexity index is 1380. The number of rotatable bonds is 8. The predicted octanol–water partition coefficient (Wildman–Crippen LogP) is 1.98. The first-order valence-electron chi connectivity index (χ1n) is 12.0. The molecule has 2 aliphatic rings. The summed E-state index contributed by atoms with van der Waals surface area (Å²) < 4.78 is 29.5.